The summed E-state index contributed by atoms with van der Waals surface area (Å²) in [7, 11) is -0.583. The smallest absolute Gasteiger partial charge is 0.399 e. The molecule has 0 saturated carbocycles. The molecule has 2 aromatic rings. The third kappa shape index (κ3) is 2.49. The van der Waals surface area contributed by atoms with E-state index in [9.17, 15) is 4.39 Å². The van der Waals surface area contributed by atoms with Crippen LogP contribution in [0.3, 0.4) is 0 Å². The van der Waals surface area contributed by atoms with Crippen molar-refractivity contribution >= 4 is 12.6 Å². The van der Waals surface area contributed by atoms with Crippen LogP contribution in [0.4, 0.5) is 4.39 Å². The first-order valence-corrected chi connectivity index (χ1v) is 6.95. The Morgan fingerprint density at radius 2 is 1.76 bits per heavy atom. The van der Waals surface area contributed by atoms with E-state index in [1.54, 1.807) is 23.1 Å². The molecule has 110 valence electrons. The van der Waals surface area contributed by atoms with Gasteiger partial charge in [-0.25, -0.2) is 9.07 Å². The van der Waals surface area contributed by atoms with Gasteiger partial charge in [0, 0.05) is 12.4 Å². The van der Waals surface area contributed by atoms with Gasteiger partial charge in [0.1, 0.15) is 5.82 Å². The molecule has 1 aromatic carbocycles. The van der Waals surface area contributed by atoms with Gasteiger partial charge in [-0.3, -0.25) is 0 Å². The van der Waals surface area contributed by atoms with Crippen molar-refractivity contribution in [3.63, 3.8) is 0 Å². The second kappa shape index (κ2) is 4.68. The largest absolute Gasteiger partial charge is 0.495 e. The molecule has 6 heteroatoms. The van der Waals surface area contributed by atoms with Crippen LogP contribution in [-0.2, 0) is 9.31 Å². The summed E-state index contributed by atoms with van der Waals surface area (Å²) in [6, 6.07) is 6.49. The summed E-state index contributed by atoms with van der Waals surface area (Å²) in [5.41, 5.74) is 0.398. The van der Waals surface area contributed by atoms with Gasteiger partial charge in [0.05, 0.1) is 16.9 Å². The Balaban J connectivity index is 1.97. The number of nitrogens with zero attached hydrogens (tertiary/aromatic N) is 2. The Bertz CT molecular complexity index is 640. The van der Waals surface area contributed by atoms with Crippen molar-refractivity contribution in [3.05, 3.63) is 42.5 Å². The second-order valence-electron chi connectivity index (χ2n) is 6.28. The summed E-state index contributed by atoms with van der Waals surface area (Å²) in [5, 5.41) is 4.12. The van der Waals surface area contributed by atoms with Gasteiger partial charge in [-0.1, -0.05) is 0 Å². The molecule has 1 aromatic heterocycles. The lowest BCUT2D eigenvalue weighted by molar-refractivity contribution is 0.00578. The van der Waals surface area contributed by atoms with Gasteiger partial charge < -0.3 is 9.31 Å². The van der Waals surface area contributed by atoms with Crippen LogP contribution in [0, 0.1) is 5.82 Å². The number of aromatic nitrogens is 2. The highest BCUT2D eigenvalue weighted by Crippen LogP contribution is 2.36. The van der Waals surface area contributed by atoms with Crippen molar-refractivity contribution in [1.29, 1.82) is 0 Å². The van der Waals surface area contributed by atoms with Gasteiger partial charge in [-0.05, 0) is 57.4 Å². The molecule has 4 nitrogen and oxygen atoms in total. The van der Waals surface area contributed by atoms with E-state index in [1.807, 2.05) is 33.8 Å². The van der Waals surface area contributed by atoms with Crippen LogP contribution >= 0.6 is 0 Å². The fourth-order valence-corrected chi connectivity index (χ4v) is 2.27. The Hall–Kier alpha value is -1.66. The maximum Gasteiger partial charge on any atom is 0.495 e. The van der Waals surface area contributed by atoms with Gasteiger partial charge in [0.15, 0.2) is 0 Å². The van der Waals surface area contributed by atoms with Crippen LogP contribution < -0.4 is 5.46 Å². The normalized spacial score (nSPS) is 20.0. The van der Waals surface area contributed by atoms with E-state index < -0.39 is 18.3 Å². The number of hydrogen-bond donors (Lipinski definition) is 0. The maximum atomic E-state index is 13.9. The van der Waals surface area contributed by atoms with E-state index in [2.05, 4.69) is 5.10 Å². The molecule has 0 amide bonds. The van der Waals surface area contributed by atoms with Crippen molar-refractivity contribution < 1.29 is 13.7 Å². The molecule has 1 aliphatic rings. The highest BCUT2D eigenvalue weighted by Gasteiger charge is 2.51. The zero-order chi connectivity index (χ0) is 15.3. The fourth-order valence-electron chi connectivity index (χ4n) is 2.27. The molecule has 1 saturated heterocycles. The lowest BCUT2D eigenvalue weighted by Gasteiger charge is -2.32. The van der Waals surface area contributed by atoms with Crippen LogP contribution in [0.1, 0.15) is 27.7 Å². The summed E-state index contributed by atoms with van der Waals surface area (Å²) >= 11 is 0. The Labute approximate surface area is 124 Å². The van der Waals surface area contributed by atoms with Gasteiger partial charge in [0.2, 0.25) is 0 Å². The van der Waals surface area contributed by atoms with Crippen molar-refractivity contribution in [2.45, 2.75) is 38.9 Å². The zero-order valence-corrected chi connectivity index (χ0v) is 12.6. The van der Waals surface area contributed by atoms with Crippen LogP contribution in [0.2, 0.25) is 0 Å². The van der Waals surface area contributed by atoms with E-state index in [0.717, 1.165) is 0 Å². The Kier molecular flexibility index (Phi) is 3.18. The van der Waals surface area contributed by atoms with Crippen LogP contribution in [0.15, 0.2) is 36.7 Å². The molecule has 0 N–H and O–H groups in total. The second-order valence-corrected chi connectivity index (χ2v) is 6.28. The Morgan fingerprint density at radius 1 is 1.10 bits per heavy atom. The standard InChI is InChI=1S/C15H18BFN2O2/c1-14(2)15(3,4)21-16(20-14)11-8-12(17)10-13(9-11)19-7-5-6-18-19/h5-10H,1-4H3. The molecule has 21 heavy (non-hydrogen) atoms. The van der Waals surface area contributed by atoms with Crippen molar-refractivity contribution in [2.75, 3.05) is 0 Å². The van der Waals surface area contributed by atoms with E-state index in [1.165, 1.54) is 12.1 Å². The molecule has 0 bridgehead atoms. The van der Waals surface area contributed by atoms with Gasteiger partial charge in [-0.15, -0.1) is 0 Å². The van der Waals surface area contributed by atoms with Gasteiger partial charge in [0.25, 0.3) is 0 Å². The molecule has 0 atom stereocenters. The van der Waals surface area contributed by atoms with E-state index in [0.29, 0.717) is 11.2 Å². The van der Waals surface area contributed by atoms with E-state index in [4.69, 9.17) is 9.31 Å². The molecule has 1 fully saturated rings. The molecule has 0 radical (unpaired) electrons. The van der Waals surface area contributed by atoms with E-state index in [-0.39, 0.29) is 5.82 Å². The topological polar surface area (TPSA) is 36.3 Å². The van der Waals surface area contributed by atoms with Crippen molar-refractivity contribution in [3.8, 4) is 5.69 Å². The van der Waals surface area contributed by atoms with Crippen molar-refractivity contribution in [2.24, 2.45) is 0 Å². The molecule has 0 aliphatic carbocycles. The third-order valence-corrected chi connectivity index (χ3v) is 4.20. The predicted octanol–water partition coefficient (Wildman–Crippen LogP) is 2.31. The molecular formula is C15H18BFN2O2. The number of rotatable bonds is 2. The maximum absolute atomic E-state index is 13.9. The average Bonchev–Trinajstić information content (AvgIpc) is 2.96. The SMILES string of the molecule is CC1(C)OB(c2cc(F)cc(-n3cccn3)c2)OC1(C)C. The highest BCUT2D eigenvalue weighted by atomic mass is 19.1. The first-order valence-electron chi connectivity index (χ1n) is 6.95. The molecule has 1 aliphatic heterocycles. The fraction of sp³-hybridized carbons (Fsp3) is 0.400. The van der Waals surface area contributed by atoms with Crippen LogP contribution in [0.25, 0.3) is 5.69 Å². The summed E-state index contributed by atoms with van der Waals surface area (Å²) in [4.78, 5) is 0. The minimum atomic E-state index is -0.583. The molecule has 3 rings (SSSR count). The molecule has 0 spiro atoms. The lowest BCUT2D eigenvalue weighted by atomic mass is 9.79. The molecular weight excluding hydrogens is 270 g/mol. The summed E-state index contributed by atoms with van der Waals surface area (Å²) in [5.74, 6) is -0.340. The highest BCUT2D eigenvalue weighted by molar-refractivity contribution is 6.62. The Morgan fingerprint density at radius 3 is 2.33 bits per heavy atom. The first-order chi connectivity index (χ1) is 9.78. The van der Waals surface area contributed by atoms with Crippen LogP contribution in [0.5, 0.6) is 0 Å². The molecule has 0 unspecified atom stereocenters. The monoisotopic (exact) mass is 288 g/mol. The summed E-state index contributed by atoms with van der Waals surface area (Å²) in [6.07, 6.45) is 3.42. The first kappa shape index (κ1) is 14.3. The van der Waals surface area contributed by atoms with Gasteiger partial charge >= 0.3 is 7.12 Å². The average molecular weight is 288 g/mol. The van der Waals surface area contributed by atoms with Gasteiger partial charge in [-0.2, -0.15) is 5.10 Å². The lowest BCUT2D eigenvalue weighted by Crippen LogP contribution is -2.41. The number of benzene rings is 1. The summed E-state index contributed by atoms with van der Waals surface area (Å²) < 4.78 is 27.4. The van der Waals surface area contributed by atoms with Crippen LogP contribution in [-0.4, -0.2) is 28.1 Å². The van der Waals surface area contributed by atoms with Crippen molar-refractivity contribution in [1.82, 2.24) is 9.78 Å². The number of halogens is 1. The van der Waals surface area contributed by atoms with E-state index >= 15 is 0 Å². The minimum Gasteiger partial charge on any atom is -0.399 e. The summed E-state index contributed by atoms with van der Waals surface area (Å²) in [6.45, 7) is 7.89. The predicted molar refractivity (Wildman–Crippen MR) is 79.2 cm³/mol. The molecule has 2 heterocycles. The quantitative estimate of drug-likeness (QED) is 0.796. The minimum absolute atomic E-state index is 0.340. The third-order valence-electron chi connectivity index (χ3n) is 4.20. The number of hydrogen-bond acceptors (Lipinski definition) is 3. The zero-order valence-electron chi connectivity index (χ0n) is 12.6.